The second-order valence-electron chi connectivity index (χ2n) is 6.25. The zero-order valence-corrected chi connectivity index (χ0v) is 15.3. The van der Waals surface area contributed by atoms with Crippen LogP contribution in [-0.2, 0) is 20.8 Å². The van der Waals surface area contributed by atoms with Gasteiger partial charge in [0.2, 0.25) is 0 Å². The Hall–Kier alpha value is -2.94. The van der Waals surface area contributed by atoms with Crippen LogP contribution in [0.1, 0.15) is 16.8 Å². The maximum Gasteiger partial charge on any atom is 0.417 e. The van der Waals surface area contributed by atoms with E-state index in [0.29, 0.717) is 22.9 Å². The molecule has 5 nitrogen and oxygen atoms in total. The summed E-state index contributed by atoms with van der Waals surface area (Å²) in [4.78, 5) is 15.3. The van der Waals surface area contributed by atoms with E-state index in [-0.39, 0.29) is 10.6 Å². The summed E-state index contributed by atoms with van der Waals surface area (Å²) in [5, 5.41) is 9.31. The summed E-state index contributed by atoms with van der Waals surface area (Å²) in [6.45, 7) is 0. The maximum atomic E-state index is 12.7. The molecule has 28 heavy (non-hydrogen) atoms. The van der Waals surface area contributed by atoms with E-state index in [1.165, 1.54) is 42.5 Å². The zero-order chi connectivity index (χ0) is 20.7. The molecule has 0 saturated heterocycles. The van der Waals surface area contributed by atoms with Crippen LogP contribution in [0.4, 0.5) is 13.2 Å². The number of halogens is 3. The molecule has 1 heterocycles. The van der Waals surface area contributed by atoms with Gasteiger partial charge in [0, 0.05) is 18.0 Å². The third-order valence-corrected chi connectivity index (χ3v) is 5.36. The first kappa shape index (κ1) is 19.8. The molecule has 0 amide bonds. The lowest BCUT2D eigenvalue weighted by Crippen LogP contribution is -2.06. The van der Waals surface area contributed by atoms with Crippen molar-refractivity contribution in [1.82, 2.24) is 4.98 Å². The molecule has 1 unspecified atom stereocenters. The summed E-state index contributed by atoms with van der Waals surface area (Å²) in [7, 11) is -3.40. The summed E-state index contributed by atoms with van der Waals surface area (Å²) in [5.41, 5.74) is 0.639. The van der Waals surface area contributed by atoms with Crippen LogP contribution >= 0.6 is 0 Å². The number of nitrogens with zero attached hydrogens (tertiary/aromatic N) is 1. The molecule has 1 aliphatic carbocycles. The topological polar surface area (TPSA) is 84.3 Å². The number of hydrogen-bond acceptors (Lipinski definition) is 4. The number of allylic oxidation sites excluding steroid dienone is 2. The molecule has 0 saturated carbocycles. The number of carboxylic acids is 1. The lowest BCUT2D eigenvalue weighted by molar-refractivity contribution is -0.139. The number of aromatic nitrogens is 1. The Bertz CT molecular complexity index is 1080. The van der Waals surface area contributed by atoms with Crippen molar-refractivity contribution in [3.05, 3.63) is 71.6 Å². The fourth-order valence-electron chi connectivity index (χ4n) is 2.81. The van der Waals surface area contributed by atoms with Crippen molar-refractivity contribution < 1.29 is 31.5 Å². The van der Waals surface area contributed by atoms with Crippen LogP contribution in [0.2, 0.25) is 0 Å². The minimum Gasteiger partial charge on any atom is -0.481 e. The van der Waals surface area contributed by atoms with Gasteiger partial charge in [-0.15, -0.1) is 0 Å². The predicted octanol–water partition coefficient (Wildman–Crippen LogP) is 3.69. The van der Waals surface area contributed by atoms with Gasteiger partial charge in [-0.1, -0.05) is 24.3 Å². The van der Waals surface area contributed by atoms with Crippen molar-refractivity contribution in [1.29, 1.82) is 0 Å². The van der Waals surface area contributed by atoms with E-state index in [0.717, 1.165) is 12.3 Å². The Kier molecular flexibility index (Phi) is 4.88. The van der Waals surface area contributed by atoms with Crippen LogP contribution in [0.25, 0.3) is 11.1 Å². The number of alkyl halides is 3. The van der Waals surface area contributed by atoms with E-state index < -0.39 is 33.5 Å². The fourth-order valence-corrected chi connectivity index (χ4v) is 3.44. The van der Waals surface area contributed by atoms with Gasteiger partial charge in [0.1, 0.15) is 0 Å². The van der Waals surface area contributed by atoms with Crippen molar-refractivity contribution in [2.45, 2.75) is 11.1 Å². The Morgan fingerprint density at radius 1 is 1.04 bits per heavy atom. The number of sulfone groups is 1. The lowest BCUT2D eigenvalue weighted by atomic mass is 9.98. The molecule has 0 fully saturated rings. The monoisotopic (exact) mass is 409 g/mol. The highest BCUT2D eigenvalue weighted by atomic mass is 32.2. The van der Waals surface area contributed by atoms with E-state index in [1.54, 1.807) is 0 Å². The molecule has 1 aliphatic rings. The molecule has 0 aliphatic heterocycles. The van der Waals surface area contributed by atoms with Crippen LogP contribution in [0, 0.1) is 5.92 Å². The molecular formula is C19H14F3NO4S. The second-order valence-corrected chi connectivity index (χ2v) is 8.27. The molecule has 146 valence electrons. The van der Waals surface area contributed by atoms with Gasteiger partial charge in [-0.3, -0.25) is 9.78 Å². The molecule has 0 bridgehead atoms. The van der Waals surface area contributed by atoms with E-state index >= 15 is 0 Å². The molecule has 1 atom stereocenters. The summed E-state index contributed by atoms with van der Waals surface area (Å²) < 4.78 is 61.4. The Labute approximate surface area is 158 Å². The smallest absolute Gasteiger partial charge is 0.417 e. The number of aliphatic carboxylic acids is 1. The third-order valence-electron chi connectivity index (χ3n) is 4.23. The van der Waals surface area contributed by atoms with Crippen molar-refractivity contribution in [2.24, 2.45) is 5.92 Å². The molecule has 0 spiro atoms. The molecule has 1 N–H and O–H groups in total. The van der Waals surface area contributed by atoms with Crippen molar-refractivity contribution in [2.75, 3.05) is 6.26 Å². The Morgan fingerprint density at radius 2 is 1.64 bits per heavy atom. The third kappa shape index (κ3) is 3.99. The van der Waals surface area contributed by atoms with Gasteiger partial charge in [0.05, 0.1) is 22.1 Å². The number of hydrogen-bond donors (Lipinski definition) is 1. The van der Waals surface area contributed by atoms with E-state index in [9.17, 15) is 31.5 Å². The van der Waals surface area contributed by atoms with Gasteiger partial charge in [-0.25, -0.2) is 8.42 Å². The average molecular weight is 409 g/mol. The quantitative estimate of drug-likeness (QED) is 0.833. The fraction of sp³-hybridized carbons (Fsp3) is 0.158. The molecule has 2 aromatic rings. The van der Waals surface area contributed by atoms with Gasteiger partial charge in [0.25, 0.3) is 0 Å². The number of rotatable bonds is 4. The first-order valence-electron chi connectivity index (χ1n) is 7.98. The standard InChI is InChI=1S/C19H14F3NO4S/c1-28(26,27)14-5-2-11(3-6-14)15-8-12(18(24)25)9-16(15)17-7-4-13(10-23-17)19(20,21)22/h2-10,12H,1H3,(H,24,25). The molecule has 3 rings (SSSR count). The molecule has 9 heteroatoms. The molecule has 1 aromatic carbocycles. The number of carboxylic acid groups (broad SMARTS) is 1. The number of benzene rings is 1. The minimum atomic E-state index is -4.53. The highest BCUT2D eigenvalue weighted by molar-refractivity contribution is 7.90. The predicted molar refractivity (Wildman–Crippen MR) is 95.9 cm³/mol. The van der Waals surface area contributed by atoms with Crippen LogP contribution in [0.15, 0.2) is 59.6 Å². The number of carbonyl (C=O) groups is 1. The second kappa shape index (κ2) is 6.90. The highest BCUT2D eigenvalue weighted by Gasteiger charge is 2.31. The van der Waals surface area contributed by atoms with Crippen LogP contribution in [0.5, 0.6) is 0 Å². The normalized spacial score (nSPS) is 17.2. The first-order valence-corrected chi connectivity index (χ1v) is 9.87. The summed E-state index contributed by atoms with van der Waals surface area (Å²) in [6, 6.07) is 7.86. The van der Waals surface area contributed by atoms with Crippen LogP contribution in [-0.4, -0.2) is 30.7 Å². The van der Waals surface area contributed by atoms with Gasteiger partial charge >= 0.3 is 12.1 Å². The summed E-state index contributed by atoms with van der Waals surface area (Å²) in [5.74, 6) is -2.09. The maximum absolute atomic E-state index is 12.7. The summed E-state index contributed by atoms with van der Waals surface area (Å²) >= 11 is 0. The van der Waals surface area contributed by atoms with Gasteiger partial charge < -0.3 is 5.11 Å². The zero-order valence-electron chi connectivity index (χ0n) is 14.4. The Balaban J connectivity index is 2.03. The van der Waals surface area contributed by atoms with Crippen molar-refractivity contribution in [3.63, 3.8) is 0 Å². The SMILES string of the molecule is CS(=O)(=O)c1ccc(C2=CC(C(=O)O)C=C2c2ccc(C(F)(F)F)cn2)cc1. The van der Waals surface area contributed by atoms with Crippen molar-refractivity contribution >= 4 is 27.0 Å². The average Bonchev–Trinajstić information content (AvgIpc) is 3.06. The van der Waals surface area contributed by atoms with Crippen LogP contribution in [0.3, 0.4) is 0 Å². The lowest BCUT2D eigenvalue weighted by Gasteiger charge is -2.11. The highest BCUT2D eigenvalue weighted by Crippen LogP contribution is 2.39. The van der Waals surface area contributed by atoms with Gasteiger partial charge in [-0.2, -0.15) is 13.2 Å². The largest absolute Gasteiger partial charge is 0.481 e. The number of pyridine rings is 1. The van der Waals surface area contributed by atoms with Gasteiger partial charge in [0.15, 0.2) is 9.84 Å². The van der Waals surface area contributed by atoms with E-state index in [1.807, 2.05) is 0 Å². The van der Waals surface area contributed by atoms with E-state index in [2.05, 4.69) is 4.98 Å². The minimum absolute atomic E-state index is 0.0998. The van der Waals surface area contributed by atoms with Crippen molar-refractivity contribution in [3.8, 4) is 0 Å². The Morgan fingerprint density at radius 3 is 2.11 bits per heavy atom. The molecule has 1 aromatic heterocycles. The first-order chi connectivity index (χ1) is 13.0. The van der Waals surface area contributed by atoms with E-state index in [4.69, 9.17) is 0 Å². The van der Waals surface area contributed by atoms with Gasteiger partial charge in [-0.05, 0) is 35.4 Å². The van der Waals surface area contributed by atoms with Crippen LogP contribution < -0.4 is 0 Å². The molecular weight excluding hydrogens is 395 g/mol. The summed E-state index contributed by atoms with van der Waals surface area (Å²) in [6.07, 6.45) is 0.0763. The molecule has 0 radical (unpaired) electrons.